The van der Waals surface area contributed by atoms with Crippen LogP contribution in [0.25, 0.3) is 0 Å². The van der Waals surface area contributed by atoms with Crippen molar-refractivity contribution in [3.63, 3.8) is 0 Å². The lowest BCUT2D eigenvalue weighted by molar-refractivity contribution is 0.346. The molecule has 1 aromatic rings. The molecule has 0 saturated heterocycles. The SMILES string of the molecule is NC1(C2CCc3cccnc32)CCCC1. The number of hydrogen-bond donors (Lipinski definition) is 1. The summed E-state index contributed by atoms with van der Waals surface area (Å²) in [5.41, 5.74) is 9.32. The first-order valence-electron chi connectivity index (χ1n) is 6.02. The van der Waals surface area contributed by atoms with E-state index in [4.69, 9.17) is 5.73 Å². The molecular formula is C13H18N2. The van der Waals surface area contributed by atoms with Crippen molar-refractivity contribution in [1.29, 1.82) is 0 Å². The standard InChI is InChI=1S/C13H18N2/c14-13(7-1-2-8-13)11-6-5-10-4-3-9-15-12(10)11/h3-4,9,11H,1-2,5-8,14H2. The van der Waals surface area contributed by atoms with Crippen LogP contribution in [-0.4, -0.2) is 10.5 Å². The number of rotatable bonds is 1. The largest absolute Gasteiger partial charge is 0.324 e. The molecule has 3 rings (SSSR count). The normalized spacial score (nSPS) is 27.9. The van der Waals surface area contributed by atoms with E-state index in [1.807, 2.05) is 12.3 Å². The molecule has 0 radical (unpaired) electrons. The Balaban J connectivity index is 1.96. The molecule has 0 aliphatic heterocycles. The molecule has 2 aliphatic carbocycles. The smallest absolute Gasteiger partial charge is 0.0484 e. The van der Waals surface area contributed by atoms with E-state index in [1.54, 1.807) is 0 Å². The van der Waals surface area contributed by atoms with E-state index in [1.165, 1.54) is 49.8 Å². The van der Waals surface area contributed by atoms with Gasteiger partial charge in [-0.15, -0.1) is 0 Å². The Bertz CT molecular complexity index is 367. The molecule has 1 heterocycles. The maximum Gasteiger partial charge on any atom is 0.0484 e. The summed E-state index contributed by atoms with van der Waals surface area (Å²) >= 11 is 0. The van der Waals surface area contributed by atoms with Gasteiger partial charge in [-0.2, -0.15) is 0 Å². The van der Waals surface area contributed by atoms with Crippen molar-refractivity contribution < 1.29 is 0 Å². The molecule has 1 unspecified atom stereocenters. The van der Waals surface area contributed by atoms with Crippen LogP contribution in [0.3, 0.4) is 0 Å². The number of hydrogen-bond acceptors (Lipinski definition) is 2. The fourth-order valence-corrected chi connectivity index (χ4v) is 3.35. The van der Waals surface area contributed by atoms with Crippen molar-refractivity contribution in [2.24, 2.45) is 5.73 Å². The molecule has 2 N–H and O–H groups in total. The van der Waals surface area contributed by atoms with Crippen LogP contribution in [0.2, 0.25) is 0 Å². The number of nitrogens with zero attached hydrogens (tertiary/aromatic N) is 1. The van der Waals surface area contributed by atoms with Crippen LogP contribution in [0.4, 0.5) is 0 Å². The van der Waals surface area contributed by atoms with E-state index in [0.717, 1.165) is 0 Å². The lowest BCUT2D eigenvalue weighted by atomic mass is 9.81. The lowest BCUT2D eigenvalue weighted by Crippen LogP contribution is -2.42. The average Bonchev–Trinajstić information content (AvgIpc) is 2.84. The molecule has 0 spiro atoms. The van der Waals surface area contributed by atoms with Crippen molar-refractivity contribution in [3.8, 4) is 0 Å². The Morgan fingerprint density at radius 3 is 2.93 bits per heavy atom. The summed E-state index contributed by atoms with van der Waals surface area (Å²) in [6.45, 7) is 0. The summed E-state index contributed by atoms with van der Waals surface area (Å²) in [4.78, 5) is 4.55. The third kappa shape index (κ3) is 1.39. The molecule has 2 nitrogen and oxygen atoms in total. The molecule has 1 saturated carbocycles. The predicted octanol–water partition coefficient (Wildman–Crippen LogP) is 2.38. The summed E-state index contributed by atoms with van der Waals surface area (Å²) in [6, 6.07) is 4.25. The van der Waals surface area contributed by atoms with E-state index in [9.17, 15) is 0 Å². The first kappa shape index (κ1) is 9.34. The van der Waals surface area contributed by atoms with Gasteiger partial charge in [-0.1, -0.05) is 18.9 Å². The summed E-state index contributed by atoms with van der Waals surface area (Å²) < 4.78 is 0. The van der Waals surface area contributed by atoms with Gasteiger partial charge >= 0.3 is 0 Å². The summed E-state index contributed by atoms with van der Waals surface area (Å²) in [6.07, 6.45) is 9.27. The highest BCUT2D eigenvalue weighted by Crippen LogP contribution is 2.45. The molecule has 80 valence electrons. The molecule has 0 bridgehead atoms. The van der Waals surface area contributed by atoms with Crippen LogP contribution in [0, 0.1) is 0 Å². The minimum atomic E-state index is 0.0552. The topological polar surface area (TPSA) is 38.9 Å². The van der Waals surface area contributed by atoms with Crippen LogP contribution < -0.4 is 5.73 Å². The van der Waals surface area contributed by atoms with Crippen LogP contribution in [-0.2, 0) is 6.42 Å². The Morgan fingerprint density at radius 1 is 1.33 bits per heavy atom. The molecule has 1 fully saturated rings. The fraction of sp³-hybridized carbons (Fsp3) is 0.615. The highest BCUT2D eigenvalue weighted by atomic mass is 14.8. The molecule has 2 heteroatoms. The van der Waals surface area contributed by atoms with Gasteiger partial charge in [0.05, 0.1) is 0 Å². The van der Waals surface area contributed by atoms with Gasteiger partial charge in [0.2, 0.25) is 0 Å². The molecule has 0 aromatic carbocycles. The van der Waals surface area contributed by atoms with E-state index >= 15 is 0 Å². The third-order valence-corrected chi connectivity index (χ3v) is 4.19. The van der Waals surface area contributed by atoms with Crippen LogP contribution in [0.15, 0.2) is 18.3 Å². The average molecular weight is 202 g/mol. The van der Waals surface area contributed by atoms with Gasteiger partial charge in [0, 0.05) is 23.3 Å². The summed E-state index contributed by atoms with van der Waals surface area (Å²) in [5, 5.41) is 0. The van der Waals surface area contributed by atoms with Crippen molar-refractivity contribution >= 4 is 0 Å². The zero-order valence-electron chi connectivity index (χ0n) is 9.08. The molecule has 0 amide bonds. The second-order valence-electron chi connectivity index (χ2n) is 5.08. The lowest BCUT2D eigenvalue weighted by Gasteiger charge is -2.31. The maximum atomic E-state index is 6.54. The van der Waals surface area contributed by atoms with Crippen molar-refractivity contribution in [3.05, 3.63) is 29.6 Å². The van der Waals surface area contributed by atoms with Crippen LogP contribution >= 0.6 is 0 Å². The monoisotopic (exact) mass is 202 g/mol. The van der Waals surface area contributed by atoms with Gasteiger partial charge < -0.3 is 5.73 Å². The molecule has 1 atom stereocenters. The minimum Gasteiger partial charge on any atom is -0.324 e. The minimum absolute atomic E-state index is 0.0552. The summed E-state index contributed by atoms with van der Waals surface area (Å²) in [7, 11) is 0. The zero-order valence-corrected chi connectivity index (χ0v) is 9.08. The second-order valence-corrected chi connectivity index (χ2v) is 5.08. The number of nitrogens with two attached hydrogens (primary N) is 1. The molecular weight excluding hydrogens is 184 g/mol. The van der Waals surface area contributed by atoms with E-state index in [0.29, 0.717) is 5.92 Å². The number of fused-ring (bicyclic) bond motifs is 1. The van der Waals surface area contributed by atoms with Gasteiger partial charge in [-0.25, -0.2) is 0 Å². The first-order chi connectivity index (χ1) is 7.30. The Kier molecular flexibility index (Phi) is 2.06. The van der Waals surface area contributed by atoms with Gasteiger partial charge in [0.15, 0.2) is 0 Å². The quantitative estimate of drug-likeness (QED) is 0.759. The van der Waals surface area contributed by atoms with E-state index < -0.39 is 0 Å². The number of aryl methyl sites for hydroxylation is 1. The highest BCUT2D eigenvalue weighted by molar-refractivity contribution is 5.32. The van der Waals surface area contributed by atoms with Crippen molar-refractivity contribution in [1.82, 2.24) is 4.98 Å². The van der Waals surface area contributed by atoms with E-state index in [2.05, 4.69) is 11.1 Å². The fourth-order valence-electron chi connectivity index (χ4n) is 3.35. The van der Waals surface area contributed by atoms with Crippen LogP contribution in [0.5, 0.6) is 0 Å². The van der Waals surface area contributed by atoms with Crippen LogP contribution in [0.1, 0.15) is 49.3 Å². The predicted molar refractivity (Wildman–Crippen MR) is 60.7 cm³/mol. The van der Waals surface area contributed by atoms with Crippen molar-refractivity contribution in [2.45, 2.75) is 50.0 Å². The number of aromatic nitrogens is 1. The third-order valence-electron chi connectivity index (χ3n) is 4.19. The van der Waals surface area contributed by atoms with Crippen molar-refractivity contribution in [2.75, 3.05) is 0 Å². The summed E-state index contributed by atoms with van der Waals surface area (Å²) in [5.74, 6) is 0.524. The number of pyridine rings is 1. The molecule has 15 heavy (non-hydrogen) atoms. The molecule has 1 aromatic heterocycles. The Hall–Kier alpha value is -0.890. The highest BCUT2D eigenvalue weighted by Gasteiger charge is 2.42. The van der Waals surface area contributed by atoms with Gasteiger partial charge in [-0.3, -0.25) is 4.98 Å². The van der Waals surface area contributed by atoms with Gasteiger partial charge in [-0.05, 0) is 37.3 Å². The van der Waals surface area contributed by atoms with Gasteiger partial charge in [0.1, 0.15) is 0 Å². The second kappa shape index (κ2) is 3.31. The Labute approximate surface area is 90.9 Å². The maximum absolute atomic E-state index is 6.54. The van der Waals surface area contributed by atoms with Gasteiger partial charge in [0.25, 0.3) is 0 Å². The first-order valence-corrected chi connectivity index (χ1v) is 6.02. The zero-order chi connectivity index (χ0) is 10.3. The Morgan fingerprint density at radius 2 is 2.13 bits per heavy atom. The van der Waals surface area contributed by atoms with E-state index in [-0.39, 0.29) is 5.54 Å². The molecule has 2 aliphatic rings.